The number of carbonyl (C=O) groups excluding carboxylic acids is 2. The van der Waals surface area contributed by atoms with Crippen LogP contribution in [0.4, 0.5) is 0 Å². The molecule has 1 aromatic carbocycles. The van der Waals surface area contributed by atoms with Gasteiger partial charge in [0, 0.05) is 17.6 Å². The summed E-state index contributed by atoms with van der Waals surface area (Å²) in [7, 11) is 0. The maximum atomic E-state index is 11.6. The summed E-state index contributed by atoms with van der Waals surface area (Å²) in [6.45, 7) is -0.0429. The zero-order valence-corrected chi connectivity index (χ0v) is 14.3. The van der Waals surface area contributed by atoms with Crippen LogP contribution in [0, 0.1) is 0 Å². The van der Waals surface area contributed by atoms with Gasteiger partial charge in [-0.25, -0.2) is 4.79 Å². The molecule has 0 bridgehead atoms. The lowest BCUT2D eigenvalue weighted by Crippen LogP contribution is -2.28. The molecule has 0 aliphatic carbocycles. The normalized spacial score (nSPS) is 10.7. The first-order valence-corrected chi connectivity index (χ1v) is 7.81. The van der Waals surface area contributed by atoms with E-state index in [1.807, 2.05) is 6.07 Å². The van der Waals surface area contributed by atoms with Gasteiger partial charge in [0.05, 0.1) is 0 Å². The van der Waals surface area contributed by atoms with Crippen molar-refractivity contribution in [2.45, 2.75) is 6.54 Å². The Hall–Kier alpha value is -2.05. The molecule has 2 rings (SSSR count). The first-order valence-electron chi connectivity index (χ1n) is 6.64. The molecule has 0 spiro atoms. The summed E-state index contributed by atoms with van der Waals surface area (Å²) in [5.41, 5.74) is 0.862. The van der Waals surface area contributed by atoms with E-state index in [-0.39, 0.29) is 6.61 Å². The van der Waals surface area contributed by atoms with E-state index >= 15 is 0 Å². The highest BCUT2D eigenvalue weighted by Crippen LogP contribution is 2.15. The van der Waals surface area contributed by atoms with Crippen molar-refractivity contribution >= 4 is 45.5 Å². The van der Waals surface area contributed by atoms with Crippen LogP contribution in [0.1, 0.15) is 11.3 Å². The number of rotatable bonds is 6. The van der Waals surface area contributed by atoms with Gasteiger partial charge >= 0.3 is 5.97 Å². The van der Waals surface area contributed by atoms with Crippen LogP contribution < -0.4 is 5.32 Å². The van der Waals surface area contributed by atoms with Crippen LogP contribution in [0.25, 0.3) is 6.08 Å². The lowest BCUT2D eigenvalue weighted by atomic mass is 10.2. The second-order valence-electron chi connectivity index (χ2n) is 4.49. The van der Waals surface area contributed by atoms with Crippen molar-refractivity contribution in [2.24, 2.45) is 0 Å². The van der Waals surface area contributed by atoms with Crippen molar-refractivity contribution in [1.29, 1.82) is 0 Å². The number of nitrogens with one attached hydrogen (secondary N) is 1. The average molecular weight is 399 g/mol. The maximum Gasteiger partial charge on any atom is 0.331 e. The van der Waals surface area contributed by atoms with Crippen molar-refractivity contribution in [2.75, 3.05) is 6.61 Å². The molecule has 1 heterocycles. The van der Waals surface area contributed by atoms with E-state index < -0.39 is 11.9 Å². The maximum absolute atomic E-state index is 11.6. The van der Waals surface area contributed by atoms with Crippen molar-refractivity contribution in [3.63, 3.8) is 0 Å². The molecule has 1 aromatic heterocycles. The van der Waals surface area contributed by atoms with E-state index in [4.69, 9.17) is 20.8 Å². The molecule has 5 nitrogen and oxygen atoms in total. The predicted molar refractivity (Wildman–Crippen MR) is 89.7 cm³/mol. The molecular formula is C16H13BrClNO4. The largest absolute Gasteiger partial charge is 0.452 e. The van der Waals surface area contributed by atoms with Gasteiger partial charge in [0.25, 0.3) is 5.91 Å². The highest BCUT2D eigenvalue weighted by Gasteiger charge is 2.05. The van der Waals surface area contributed by atoms with Crippen LogP contribution >= 0.6 is 27.5 Å². The number of benzene rings is 1. The average Bonchev–Trinajstić information content (AvgIpc) is 2.94. The van der Waals surface area contributed by atoms with E-state index in [1.165, 1.54) is 12.2 Å². The molecule has 0 saturated heterocycles. The summed E-state index contributed by atoms with van der Waals surface area (Å²) >= 11 is 9.00. The highest BCUT2D eigenvalue weighted by atomic mass is 79.9. The van der Waals surface area contributed by atoms with E-state index in [0.29, 0.717) is 22.0 Å². The van der Waals surface area contributed by atoms with Gasteiger partial charge < -0.3 is 14.5 Å². The van der Waals surface area contributed by atoms with Gasteiger partial charge in [0.1, 0.15) is 5.76 Å². The van der Waals surface area contributed by atoms with Gasteiger partial charge in [-0.1, -0.05) is 23.7 Å². The predicted octanol–water partition coefficient (Wildman–Crippen LogP) is 3.57. The Kier molecular flexibility index (Phi) is 6.43. The number of furan rings is 1. The number of ether oxygens (including phenoxy) is 1. The molecule has 0 saturated carbocycles. The van der Waals surface area contributed by atoms with Crippen LogP contribution in [0.3, 0.4) is 0 Å². The number of halogens is 2. The first-order chi connectivity index (χ1) is 11.0. The lowest BCUT2D eigenvalue weighted by Gasteiger charge is -2.05. The van der Waals surface area contributed by atoms with E-state index in [9.17, 15) is 9.59 Å². The first kappa shape index (κ1) is 17.3. The lowest BCUT2D eigenvalue weighted by molar-refractivity contribution is -0.143. The number of amides is 1. The van der Waals surface area contributed by atoms with Crippen LogP contribution in [0.15, 0.2) is 51.6 Å². The molecule has 0 aliphatic heterocycles. The quantitative estimate of drug-likeness (QED) is 0.597. The summed E-state index contributed by atoms with van der Waals surface area (Å²) in [5, 5.41) is 3.23. The van der Waals surface area contributed by atoms with Crippen molar-refractivity contribution < 1.29 is 18.7 Å². The zero-order chi connectivity index (χ0) is 16.7. The van der Waals surface area contributed by atoms with Gasteiger partial charge in [-0.05, 0) is 51.8 Å². The van der Waals surface area contributed by atoms with Gasteiger partial charge in [-0.3, -0.25) is 4.79 Å². The fourth-order valence-electron chi connectivity index (χ4n) is 1.65. The Morgan fingerprint density at radius 3 is 2.83 bits per heavy atom. The monoisotopic (exact) mass is 397 g/mol. The Bertz CT molecular complexity index is 726. The molecule has 1 N–H and O–H groups in total. The van der Waals surface area contributed by atoms with E-state index in [1.54, 1.807) is 30.3 Å². The molecule has 0 atom stereocenters. The zero-order valence-electron chi connectivity index (χ0n) is 11.9. The molecule has 2 aromatic rings. The molecule has 1 amide bonds. The number of esters is 1. The summed E-state index contributed by atoms with van der Waals surface area (Å²) < 4.78 is 10.6. The van der Waals surface area contributed by atoms with E-state index in [0.717, 1.165) is 5.56 Å². The fourth-order valence-corrected chi connectivity index (χ4v) is 2.18. The Labute approximate surface area is 146 Å². The second-order valence-corrected chi connectivity index (χ2v) is 5.71. The molecule has 120 valence electrons. The third-order valence-corrected chi connectivity index (χ3v) is 3.36. The Balaban J connectivity index is 1.71. The minimum Gasteiger partial charge on any atom is -0.452 e. The molecule has 0 unspecified atom stereocenters. The molecule has 0 aliphatic rings. The minimum absolute atomic E-state index is 0.313. The van der Waals surface area contributed by atoms with Crippen LogP contribution in [-0.4, -0.2) is 18.5 Å². The van der Waals surface area contributed by atoms with Crippen molar-refractivity contribution in [3.8, 4) is 0 Å². The molecule has 7 heteroatoms. The SMILES string of the molecule is O=C(COC(=O)/C=C/c1ccc(Br)o1)NCc1cccc(Cl)c1. The smallest absolute Gasteiger partial charge is 0.331 e. The molecular weight excluding hydrogens is 386 g/mol. The van der Waals surface area contributed by atoms with Crippen LogP contribution in [0.5, 0.6) is 0 Å². The number of carbonyl (C=O) groups is 2. The topological polar surface area (TPSA) is 68.5 Å². The third-order valence-electron chi connectivity index (χ3n) is 2.70. The molecule has 0 fully saturated rings. The second kappa shape index (κ2) is 8.55. The fraction of sp³-hybridized carbons (Fsp3) is 0.125. The third kappa shape index (κ3) is 6.30. The van der Waals surface area contributed by atoms with Gasteiger partial charge in [0.2, 0.25) is 0 Å². The number of hydrogen-bond acceptors (Lipinski definition) is 4. The summed E-state index contributed by atoms with van der Waals surface area (Å²) in [5.74, 6) is -0.526. The van der Waals surface area contributed by atoms with Gasteiger partial charge in [0.15, 0.2) is 11.3 Å². The summed E-state index contributed by atoms with van der Waals surface area (Å²) in [6, 6.07) is 10.5. The summed E-state index contributed by atoms with van der Waals surface area (Å²) in [6.07, 6.45) is 2.65. The standard InChI is InChI=1S/C16H13BrClNO4/c17-14-6-4-13(23-14)5-7-16(21)22-10-15(20)19-9-11-2-1-3-12(18)8-11/h1-8H,9-10H2,(H,19,20)/b7-5+. The Morgan fingerprint density at radius 1 is 1.30 bits per heavy atom. The van der Waals surface area contributed by atoms with Crippen molar-refractivity contribution in [3.05, 3.63) is 63.5 Å². The summed E-state index contributed by atoms with van der Waals surface area (Å²) in [4.78, 5) is 23.1. The minimum atomic E-state index is -0.629. The van der Waals surface area contributed by atoms with Crippen molar-refractivity contribution in [1.82, 2.24) is 5.32 Å². The molecule has 0 radical (unpaired) electrons. The van der Waals surface area contributed by atoms with Crippen LogP contribution in [-0.2, 0) is 20.9 Å². The van der Waals surface area contributed by atoms with Gasteiger partial charge in [-0.15, -0.1) is 0 Å². The van der Waals surface area contributed by atoms with Gasteiger partial charge in [-0.2, -0.15) is 0 Å². The van der Waals surface area contributed by atoms with Crippen LogP contribution in [0.2, 0.25) is 5.02 Å². The van der Waals surface area contributed by atoms with E-state index in [2.05, 4.69) is 21.2 Å². The highest BCUT2D eigenvalue weighted by molar-refractivity contribution is 9.10. The Morgan fingerprint density at radius 2 is 2.13 bits per heavy atom. The number of hydrogen-bond donors (Lipinski definition) is 1. The molecule has 23 heavy (non-hydrogen) atoms.